The number of carboxylic acid groups (broad SMARTS) is 1. The van der Waals surface area contributed by atoms with Gasteiger partial charge in [-0.2, -0.15) is 0 Å². The molecule has 0 heterocycles. The molecular formula is C24H37NO5S. The number of nitrogens with zero attached hydrogens (tertiary/aromatic N) is 1. The van der Waals surface area contributed by atoms with Gasteiger partial charge in [-0.3, -0.25) is 0 Å². The van der Waals surface area contributed by atoms with Crippen molar-refractivity contribution in [3.05, 3.63) is 47.1 Å². The fraction of sp³-hybridized carbons (Fsp3) is 0.625. The van der Waals surface area contributed by atoms with E-state index in [0.717, 1.165) is 51.0 Å². The Morgan fingerprint density at radius 1 is 1.19 bits per heavy atom. The van der Waals surface area contributed by atoms with Gasteiger partial charge in [0.2, 0.25) is 0 Å². The molecule has 0 aliphatic heterocycles. The summed E-state index contributed by atoms with van der Waals surface area (Å²) in [4.78, 5) is 14.0. The van der Waals surface area contributed by atoms with Crippen molar-refractivity contribution in [3.8, 4) is 0 Å². The van der Waals surface area contributed by atoms with Crippen LogP contribution < -0.4 is 0 Å². The highest BCUT2D eigenvalue weighted by molar-refractivity contribution is 7.92. The molecule has 31 heavy (non-hydrogen) atoms. The summed E-state index contributed by atoms with van der Waals surface area (Å²) in [5.74, 6) is 0.0977. The van der Waals surface area contributed by atoms with E-state index in [2.05, 4.69) is 24.8 Å². The standard InChI is InChI=1S/C24H37NO5S/c1-5-8-14-25(15-9-6-2)20-16-19(24(26)27)17-22(31(28,29)7-3)23(20)30-21-13-11-10-12-18(21)4/h10-11,13,16,18,22H,5-9,12,14-15,17H2,1-4H3,(H,26,27). The smallest absolute Gasteiger partial charge is 0.331 e. The van der Waals surface area contributed by atoms with Crippen LogP contribution in [0.1, 0.15) is 66.2 Å². The minimum atomic E-state index is -3.57. The zero-order valence-electron chi connectivity index (χ0n) is 19.3. The molecule has 0 saturated carbocycles. The molecule has 2 rings (SSSR count). The zero-order chi connectivity index (χ0) is 23.0. The van der Waals surface area contributed by atoms with Crippen molar-refractivity contribution < 1.29 is 23.1 Å². The van der Waals surface area contributed by atoms with E-state index < -0.39 is 21.1 Å². The van der Waals surface area contributed by atoms with Gasteiger partial charge in [-0.15, -0.1) is 0 Å². The Kier molecular flexibility index (Phi) is 9.41. The first-order valence-corrected chi connectivity index (χ1v) is 13.2. The van der Waals surface area contributed by atoms with Gasteiger partial charge >= 0.3 is 5.97 Å². The largest absolute Gasteiger partial charge is 0.478 e. The molecule has 7 heteroatoms. The van der Waals surface area contributed by atoms with Gasteiger partial charge in [0.05, 0.1) is 5.70 Å². The topological polar surface area (TPSA) is 83.9 Å². The highest BCUT2D eigenvalue weighted by Crippen LogP contribution is 2.36. The predicted octanol–water partition coefficient (Wildman–Crippen LogP) is 4.81. The molecule has 2 aliphatic rings. The molecule has 0 radical (unpaired) electrons. The molecule has 0 aromatic heterocycles. The second-order valence-electron chi connectivity index (χ2n) is 8.30. The summed E-state index contributed by atoms with van der Waals surface area (Å²) in [6.07, 6.45) is 12.1. The van der Waals surface area contributed by atoms with Crippen molar-refractivity contribution in [1.82, 2.24) is 4.90 Å². The Morgan fingerprint density at radius 3 is 2.35 bits per heavy atom. The van der Waals surface area contributed by atoms with E-state index in [-0.39, 0.29) is 23.7 Å². The van der Waals surface area contributed by atoms with Crippen LogP contribution in [-0.4, -0.2) is 48.5 Å². The number of hydrogen-bond donors (Lipinski definition) is 1. The van der Waals surface area contributed by atoms with Crippen LogP contribution in [0.15, 0.2) is 47.1 Å². The molecule has 6 nitrogen and oxygen atoms in total. The van der Waals surface area contributed by atoms with Gasteiger partial charge in [0, 0.05) is 36.8 Å². The average molecular weight is 452 g/mol. The van der Waals surface area contributed by atoms with Crippen LogP contribution in [-0.2, 0) is 19.4 Å². The molecule has 0 fully saturated rings. The Hall–Kier alpha value is -2.02. The average Bonchev–Trinajstić information content (AvgIpc) is 2.75. The van der Waals surface area contributed by atoms with Crippen LogP contribution in [0.3, 0.4) is 0 Å². The van der Waals surface area contributed by atoms with Crippen molar-refractivity contribution in [2.24, 2.45) is 5.92 Å². The quantitative estimate of drug-likeness (QED) is 0.458. The van der Waals surface area contributed by atoms with E-state index in [0.29, 0.717) is 11.5 Å². The van der Waals surface area contributed by atoms with E-state index in [4.69, 9.17) is 4.74 Å². The van der Waals surface area contributed by atoms with E-state index in [1.54, 1.807) is 13.0 Å². The third-order valence-electron chi connectivity index (χ3n) is 5.88. The van der Waals surface area contributed by atoms with Crippen molar-refractivity contribution in [2.45, 2.75) is 71.5 Å². The highest BCUT2D eigenvalue weighted by Gasteiger charge is 2.39. The molecule has 174 valence electrons. The summed E-state index contributed by atoms with van der Waals surface area (Å²) >= 11 is 0. The monoisotopic (exact) mass is 451 g/mol. The van der Waals surface area contributed by atoms with Crippen LogP contribution in [0.25, 0.3) is 0 Å². The molecule has 2 unspecified atom stereocenters. The first-order valence-electron chi connectivity index (χ1n) is 11.4. The second kappa shape index (κ2) is 11.6. The number of rotatable bonds is 12. The van der Waals surface area contributed by atoms with E-state index in [9.17, 15) is 18.3 Å². The van der Waals surface area contributed by atoms with E-state index >= 15 is 0 Å². The number of allylic oxidation sites excluding steroid dienone is 5. The Labute approximate surface area is 187 Å². The van der Waals surface area contributed by atoms with Crippen LogP contribution in [0.4, 0.5) is 0 Å². The van der Waals surface area contributed by atoms with Gasteiger partial charge in [0.25, 0.3) is 0 Å². The molecule has 0 aromatic rings. The lowest BCUT2D eigenvalue weighted by Gasteiger charge is -2.34. The second-order valence-corrected chi connectivity index (χ2v) is 10.8. The maximum Gasteiger partial charge on any atom is 0.331 e. The maximum absolute atomic E-state index is 13.1. The fourth-order valence-electron chi connectivity index (χ4n) is 3.80. The summed E-state index contributed by atoms with van der Waals surface area (Å²) in [5.41, 5.74) is 0.725. The lowest BCUT2D eigenvalue weighted by atomic mass is 9.98. The van der Waals surface area contributed by atoms with Crippen LogP contribution >= 0.6 is 0 Å². The molecule has 0 spiro atoms. The Bertz CT molecular complexity index is 858. The van der Waals surface area contributed by atoms with Gasteiger partial charge in [-0.25, -0.2) is 13.2 Å². The lowest BCUT2D eigenvalue weighted by Crippen LogP contribution is -2.36. The van der Waals surface area contributed by atoms with Crippen LogP contribution in [0.5, 0.6) is 0 Å². The SMILES string of the molecule is CCCCN(CCCC)C1=C(OC2=CC=CCC2C)C(S(=O)(=O)CC)CC(C(=O)O)=C1. The lowest BCUT2D eigenvalue weighted by molar-refractivity contribution is -0.132. The molecular weight excluding hydrogens is 414 g/mol. The minimum absolute atomic E-state index is 0.0663. The van der Waals surface area contributed by atoms with Gasteiger partial charge < -0.3 is 14.7 Å². The van der Waals surface area contributed by atoms with Crippen molar-refractivity contribution in [2.75, 3.05) is 18.8 Å². The molecule has 1 N–H and O–H groups in total. The van der Waals surface area contributed by atoms with Gasteiger partial charge in [-0.1, -0.05) is 52.7 Å². The summed E-state index contributed by atoms with van der Waals surface area (Å²) in [6.45, 7) is 9.32. The van der Waals surface area contributed by atoms with Gasteiger partial charge in [-0.05, 0) is 31.4 Å². The fourth-order valence-corrected chi connectivity index (χ4v) is 5.13. The van der Waals surface area contributed by atoms with Gasteiger partial charge in [0.1, 0.15) is 16.8 Å². The molecule has 0 amide bonds. The first-order chi connectivity index (χ1) is 14.7. The molecule has 0 bridgehead atoms. The third-order valence-corrected chi connectivity index (χ3v) is 7.93. The van der Waals surface area contributed by atoms with Crippen molar-refractivity contribution in [3.63, 3.8) is 0 Å². The summed E-state index contributed by atoms with van der Waals surface area (Å²) in [7, 11) is -3.57. The molecule has 2 atom stereocenters. The highest BCUT2D eigenvalue weighted by atomic mass is 32.2. The number of sulfone groups is 1. The predicted molar refractivity (Wildman–Crippen MR) is 124 cm³/mol. The van der Waals surface area contributed by atoms with E-state index in [1.165, 1.54) is 0 Å². The number of ether oxygens (including phenoxy) is 1. The zero-order valence-corrected chi connectivity index (χ0v) is 20.1. The normalized spacial score (nSPS) is 21.5. The van der Waals surface area contributed by atoms with Gasteiger partial charge in [0.15, 0.2) is 9.84 Å². The number of hydrogen-bond acceptors (Lipinski definition) is 5. The van der Waals surface area contributed by atoms with Crippen molar-refractivity contribution in [1.29, 1.82) is 0 Å². The van der Waals surface area contributed by atoms with Crippen molar-refractivity contribution >= 4 is 15.8 Å². The number of carboxylic acids is 1. The summed E-state index contributed by atoms with van der Waals surface area (Å²) in [6, 6.07) is 0. The number of carbonyl (C=O) groups is 1. The van der Waals surface area contributed by atoms with Crippen LogP contribution in [0.2, 0.25) is 0 Å². The Morgan fingerprint density at radius 2 is 1.84 bits per heavy atom. The number of unbranched alkanes of at least 4 members (excludes halogenated alkanes) is 2. The minimum Gasteiger partial charge on any atom is -0.478 e. The molecule has 2 aliphatic carbocycles. The summed E-state index contributed by atoms with van der Waals surface area (Å²) < 4.78 is 32.5. The maximum atomic E-state index is 13.1. The molecule has 0 saturated heterocycles. The third kappa shape index (κ3) is 6.48. The summed E-state index contributed by atoms with van der Waals surface area (Å²) in [5, 5.41) is 8.74. The Balaban J connectivity index is 2.66. The molecule has 0 aromatic carbocycles. The van der Waals surface area contributed by atoms with Crippen LogP contribution in [0, 0.1) is 5.92 Å². The first kappa shape index (κ1) is 25.2. The number of aliphatic carboxylic acids is 1. The van der Waals surface area contributed by atoms with E-state index in [1.807, 2.05) is 19.1 Å².